The first-order valence-electron chi connectivity index (χ1n) is 12.0. The summed E-state index contributed by atoms with van der Waals surface area (Å²) in [5, 5.41) is 3.76. The Labute approximate surface area is 208 Å². The number of hydrogen-bond donors (Lipinski definition) is 1. The molecule has 0 radical (unpaired) electrons. The number of methoxy groups -OCH3 is 2. The van der Waals surface area contributed by atoms with Gasteiger partial charge >= 0.3 is 0 Å². The van der Waals surface area contributed by atoms with Crippen molar-refractivity contribution in [2.75, 3.05) is 24.4 Å². The summed E-state index contributed by atoms with van der Waals surface area (Å²) in [4.78, 5) is 2.34. The van der Waals surface area contributed by atoms with Crippen LogP contribution in [0.4, 0.5) is 17.1 Å². The Morgan fingerprint density at radius 1 is 0.857 bits per heavy atom. The monoisotopic (exact) mass is 464 g/mol. The Morgan fingerprint density at radius 2 is 1.60 bits per heavy atom. The van der Waals surface area contributed by atoms with E-state index in [0.29, 0.717) is 0 Å². The molecule has 1 N–H and O–H groups in total. The molecule has 1 heterocycles. The van der Waals surface area contributed by atoms with E-state index in [-0.39, 0.29) is 11.5 Å². The van der Waals surface area contributed by atoms with Crippen molar-refractivity contribution in [3.8, 4) is 22.6 Å². The highest BCUT2D eigenvalue weighted by Crippen LogP contribution is 2.57. The van der Waals surface area contributed by atoms with Crippen LogP contribution in [-0.2, 0) is 0 Å². The molecule has 2 aliphatic rings. The van der Waals surface area contributed by atoms with Gasteiger partial charge in [0.1, 0.15) is 11.5 Å². The van der Waals surface area contributed by atoms with E-state index in [9.17, 15) is 0 Å². The Hall–Kier alpha value is -3.92. The summed E-state index contributed by atoms with van der Waals surface area (Å²) < 4.78 is 11.6. The maximum atomic E-state index is 6.22. The number of fused-ring (bicyclic) bond motifs is 3. The summed E-state index contributed by atoms with van der Waals surface area (Å²) in [6, 6.07) is 21.1. The summed E-state index contributed by atoms with van der Waals surface area (Å²) in [5.41, 5.74) is 7.72. The number of nitrogens with one attached hydrogen (secondary N) is 1. The van der Waals surface area contributed by atoms with Crippen LogP contribution in [0.25, 0.3) is 11.1 Å². The Balaban J connectivity index is 1.82. The lowest BCUT2D eigenvalue weighted by molar-refractivity contribution is 0.410. The van der Waals surface area contributed by atoms with Crippen molar-refractivity contribution in [1.29, 1.82) is 0 Å². The van der Waals surface area contributed by atoms with Gasteiger partial charge in [-0.3, -0.25) is 0 Å². The van der Waals surface area contributed by atoms with Crippen molar-refractivity contribution in [2.24, 2.45) is 0 Å². The molecule has 178 valence electrons. The highest BCUT2D eigenvalue weighted by molar-refractivity contribution is 5.94. The molecule has 0 saturated heterocycles. The smallest absolute Gasteiger partial charge is 0.148 e. The summed E-state index contributed by atoms with van der Waals surface area (Å²) in [5.74, 6) is 1.80. The maximum Gasteiger partial charge on any atom is 0.148 e. The normalized spacial score (nSPS) is 16.3. The molecular weight excluding hydrogens is 432 g/mol. The fraction of sp³-hybridized carbons (Fsp3) is 0.226. The molecule has 0 spiro atoms. The zero-order chi connectivity index (χ0) is 24.6. The Kier molecular flexibility index (Phi) is 5.89. The van der Waals surface area contributed by atoms with Gasteiger partial charge in [-0.2, -0.15) is 0 Å². The molecule has 3 aromatic carbocycles. The number of ether oxygens (including phenoxy) is 2. The van der Waals surface area contributed by atoms with E-state index >= 15 is 0 Å². The molecule has 1 aliphatic heterocycles. The van der Waals surface area contributed by atoms with Gasteiger partial charge in [-0.05, 0) is 62.7 Å². The number of benzene rings is 3. The lowest BCUT2D eigenvalue weighted by Gasteiger charge is -2.28. The van der Waals surface area contributed by atoms with Gasteiger partial charge in [0.2, 0.25) is 0 Å². The second kappa shape index (κ2) is 9.03. The fourth-order valence-electron chi connectivity index (χ4n) is 4.91. The second-order valence-electron chi connectivity index (χ2n) is 9.88. The molecule has 0 amide bonds. The first-order chi connectivity index (χ1) is 16.9. The van der Waals surface area contributed by atoms with Crippen LogP contribution in [0.3, 0.4) is 0 Å². The largest absolute Gasteiger partial charge is 0.497 e. The first kappa shape index (κ1) is 22.9. The highest BCUT2D eigenvalue weighted by atomic mass is 16.5. The van der Waals surface area contributed by atoms with Gasteiger partial charge in [-0.15, -0.1) is 0 Å². The van der Waals surface area contributed by atoms with E-state index in [2.05, 4.69) is 110 Å². The average molecular weight is 465 g/mol. The molecule has 4 heteroatoms. The Morgan fingerprint density at radius 3 is 2.26 bits per heavy atom. The minimum absolute atomic E-state index is 0.0717. The van der Waals surface area contributed by atoms with Crippen LogP contribution in [0.2, 0.25) is 0 Å². The van der Waals surface area contributed by atoms with Crippen molar-refractivity contribution in [3.05, 3.63) is 102 Å². The molecule has 0 saturated carbocycles. The van der Waals surface area contributed by atoms with Crippen LogP contribution in [0.15, 0.2) is 96.7 Å². The topological polar surface area (TPSA) is 33.7 Å². The number of allylic oxidation sites excluding steroid dienone is 5. The van der Waals surface area contributed by atoms with Crippen molar-refractivity contribution in [2.45, 2.75) is 32.2 Å². The average Bonchev–Trinajstić information content (AvgIpc) is 2.99. The summed E-state index contributed by atoms with van der Waals surface area (Å²) in [7, 11) is 3.47. The number of hydrogen-bond acceptors (Lipinski definition) is 4. The molecule has 1 atom stereocenters. The van der Waals surface area contributed by atoms with Crippen molar-refractivity contribution < 1.29 is 9.47 Å². The van der Waals surface area contributed by atoms with E-state index < -0.39 is 0 Å². The van der Waals surface area contributed by atoms with Gasteiger partial charge in [0.25, 0.3) is 0 Å². The van der Waals surface area contributed by atoms with Crippen LogP contribution in [0, 0.1) is 0 Å². The van der Waals surface area contributed by atoms with E-state index in [4.69, 9.17) is 9.47 Å². The van der Waals surface area contributed by atoms with Crippen molar-refractivity contribution >= 4 is 17.1 Å². The van der Waals surface area contributed by atoms with Crippen molar-refractivity contribution in [3.63, 3.8) is 0 Å². The van der Waals surface area contributed by atoms with Crippen LogP contribution in [-0.4, -0.2) is 19.8 Å². The predicted octanol–water partition coefficient (Wildman–Crippen LogP) is 7.83. The standard InChI is InChI=1S/C31H32N2O2/c1-31(2,3)32-29-25(21-12-8-6-9-13-21)20-27-28(30(29)35-5)24-14-10-7-11-15-26(24)33(27)22-16-18-23(34-4)19-17-22/h6-20,24,32H,1-5H3. The number of rotatable bonds is 5. The van der Waals surface area contributed by atoms with E-state index in [1.807, 2.05) is 12.1 Å². The molecule has 4 nitrogen and oxygen atoms in total. The van der Waals surface area contributed by atoms with Gasteiger partial charge in [0, 0.05) is 34.0 Å². The lowest BCUT2D eigenvalue weighted by atomic mass is 9.92. The molecule has 0 aromatic heterocycles. The van der Waals surface area contributed by atoms with Gasteiger partial charge in [-0.1, -0.05) is 54.6 Å². The molecule has 0 bridgehead atoms. The highest BCUT2D eigenvalue weighted by Gasteiger charge is 2.38. The molecule has 0 fully saturated rings. The lowest BCUT2D eigenvalue weighted by Crippen LogP contribution is -2.27. The van der Waals surface area contributed by atoms with Gasteiger partial charge in [0.15, 0.2) is 0 Å². The predicted molar refractivity (Wildman–Crippen MR) is 146 cm³/mol. The van der Waals surface area contributed by atoms with E-state index in [1.165, 1.54) is 11.3 Å². The number of anilines is 3. The summed E-state index contributed by atoms with van der Waals surface area (Å²) in [6.07, 6.45) is 10.8. The third kappa shape index (κ3) is 4.21. The summed E-state index contributed by atoms with van der Waals surface area (Å²) >= 11 is 0. The minimum Gasteiger partial charge on any atom is -0.497 e. The third-order valence-electron chi connectivity index (χ3n) is 6.34. The zero-order valence-electron chi connectivity index (χ0n) is 21.0. The van der Waals surface area contributed by atoms with Crippen LogP contribution in [0.5, 0.6) is 11.5 Å². The first-order valence-corrected chi connectivity index (χ1v) is 12.0. The molecule has 1 unspecified atom stereocenters. The molecule has 3 aromatic rings. The SMILES string of the molecule is COc1ccc(N2C3=CC=CC=CC3c3c2cc(-c2ccccc2)c(NC(C)(C)C)c3OC)cc1. The van der Waals surface area contributed by atoms with Crippen molar-refractivity contribution in [1.82, 2.24) is 0 Å². The third-order valence-corrected chi connectivity index (χ3v) is 6.34. The van der Waals surface area contributed by atoms with Gasteiger partial charge < -0.3 is 19.7 Å². The van der Waals surface area contributed by atoms with Crippen LogP contribution < -0.4 is 19.7 Å². The summed E-state index contributed by atoms with van der Waals surface area (Å²) in [6.45, 7) is 6.54. The number of nitrogens with zero attached hydrogens (tertiary/aromatic N) is 1. The molecule has 1 aliphatic carbocycles. The minimum atomic E-state index is -0.140. The van der Waals surface area contributed by atoms with Crippen LogP contribution in [0.1, 0.15) is 32.3 Å². The fourth-order valence-corrected chi connectivity index (χ4v) is 4.91. The van der Waals surface area contributed by atoms with E-state index in [1.54, 1.807) is 14.2 Å². The maximum absolute atomic E-state index is 6.22. The molecular formula is C31H32N2O2. The molecule has 35 heavy (non-hydrogen) atoms. The molecule has 5 rings (SSSR count). The Bertz CT molecular complexity index is 1310. The quantitative estimate of drug-likeness (QED) is 0.417. The van der Waals surface area contributed by atoms with Gasteiger partial charge in [-0.25, -0.2) is 0 Å². The van der Waals surface area contributed by atoms with E-state index in [0.717, 1.165) is 39.7 Å². The van der Waals surface area contributed by atoms with Gasteiger partial charge in [0.05, 0.1) is 25.6 Å². The zero-order valence-corrected chi connectivity index (χ0v) is 21.0. The second-order valence-corrected chi connectivity index (χ2v) is 9.88. The van der Waals surface area contributed by atoms with Crippen LogP contribution >= 0.6 is 0 Å².